The van der Waals surface area contributed by atoms with Crippen molar-refractivity contribution in [2.75, 3.05) is 7.05 Å². The second-order valence-electron chi connectivity index (χ2n) is 4.75. The van der Waals surface area contributed by atoms with Gasteiger partial charge >= 0.3 is 6.03 Å². The summed E-state index contributed by atoms with van der Waals surface area (Å²) in [6.45, 7) is 11.4. The van der Waals surface area contributed by atoms with Gasteiger partial charge in [-0.25, -0.2) is 4.79 Å². The fourth-order valence-corrected chi connectivity index (χ4v) is 1.48. The van der Waals surface area contributed by atoms with E-state index < -0.39 is 5.54 Å². The SMILES string of the molecule is C=C(C)C(C=O)(CCC)NC(=O)N(C)C(C)C. The summed E-state index contributed by atoms with van der Waals surface area (Å²) in [6, 6.07) is -0.158. The minimum Gasteiger partial charge on any atom is -0.325 e. The molecule has 0 aromatic heterocycles. The average molecular weight is 240 g/mol. The lowest BCUT2D eigenvalue weighted by Crippen LogP contribution is -2.55. The molecule has 0 spiro atoms. The third-order valence-corrected chi connectivity index (χ3v) is 3.03. The van der Waals surface area contributed by atoms with E-state index in [2.05, 4.69) is 11.9 Å². The number of hydrogen-bond donors (Lipinski definition) is 1. The highest BCUT2D eigenvalue weighted by molar-refractivity contribution is 5.82. The third kappa shape index (κ3) is 3.88. The van der Waals surface area contributed by atoms with Crippen LogP contribution >= 0.6 is 0 Å². The van der Waals surface area contributed by atoms with Crippen LogP contribution in [0.25, 0.3) is 0 Å². The summed E-state index contributed by atoms with van der Waals surface area (Å²) in [5, 5.41) is 2.78. The van der Waals surface area contributed by atoms with Crippen LogP contribution in [0, 0.1) is 0 Å². The van der Waals surface area contributed by atoms with Gasteiger partial charge in [-0.2, -0.15) is 0 Å². The van der Waals surface area contributed by atoms with Crippen LogP contribution in [0.15, 0.2) is 12.2 Å². The molecule has 0 fully saturated rings. The Morgan fingerprint density at radius 3 is 2.35 bits per heavy atom. The summed E-state index contributed by atoms with van der Waals surface area (Å²) in [5.74, 6) is 0. The van der Waals surface area contributed by atoms with Crippen LogP contribution < -0.4 is 5.32 Å². The van der Waals surface area contributed by atoms with Gasteiger partial charge in [0.1, 0.15) is 11.8 Å². The zero-order valence-electron chi connectivity index (χ0n) is 11.5. The molecule has 1 atom stereocenters. The van der Waals surface area contributed by atoms with Crippen LogP contribution in [-0.2, 0) is 4.79 Å². The Kier molecular flexibility index (Phi) is 5.93. The van der Waals surface area contributed by atoms with E-state index >= 15 is 0 Å². The Morgan fingerprint density at radius 1 is 1.53 bits per heavy atom. The van der Waals surface area contributed by atoms with Crippen molar-refractivity contribution in [3.63, 3.8) is 0 Å². The predicted molar refractivity (Wildman–Crippen MR) is 69.9 cm³/mol. The molecule has 0 aromatic carbocycles. The Hall–Kier alpha value is -1.32. The van der Waals surface area contributed by atoms with Crippen molar-refractivity contribution in [3.05, 3.63) is 12.2 Å². The van der Waals surface area contributed by atoms with Crippen molar-refractivity contribution >= 4 is 12.3 Å². The lowest BCUT2D eigenvalue weighted by Gasteiger charge is -2.33. The van der Waals surface area contributed by atoms with E-state index in [9.17, 15) is 9.59 Å². The molecule has 0 bridgehead atoms. The first-order chi connectivity index (χ1) is 7.80. The zero-order chi connectivity index (χ0) is 13.6. The Bertz CT molecular complexity index is 300. The molecule has 0 aliphatic rings. The molecule has 1 unspecified atom stereocenters. The maximum atomic E-state index is 12.0. The van der Waals surface area contributed by atoms with Crippen LogP contribution in [0.1, 0.15) is 40.5 Å². The van der Waals surface area contributed by atoms with Crippen molar-refractivity contribution in [2.24, 2.45) is 0 Å². The van der Waals surface area contributed by atoms with Gasteiger partial charge in [0.15, 0.2) is 0 Å². The molecule has 0 saturated carbocycles. The van der Waals surface area contributed by atoms with Crippen LogP contribution in [0.2, 0.25) is 0 Å². The van der Waals surface area contributed by atoms with Crippen LogP contribution in [0.5, 0.6) is 0 Å². The van der Waals surface area contributed by atoms with E-state index in [1.54, 1.807) is 18.9 Å². The standard InChI is InChI=1S/C13H24N2O2/c1-7-8-13(9-16,10(2)3)14-12(17)15(6)11(4)5/h9,11H,2,7-8H2,1,3-6H3,(H,14,17). The number of aldehydes is 1. The molecule has 0 aliphatic heterocycles. The number of carbonyl (C=O) groups is 2. The van der Waals surface area contributed by atoms with Gasteiger partial charge in [-0.3, -0.25) is 0 Å². The molecular weight excluding hydrogens is 216 g/mol. The van der Waals surface area contributed by atoms with E-state index in [1.807, 2.05) is 20.8 Å². The van der Waals surface area contributed by atoms with Crippen molar-refractivity contribution in [1.82, 2.24) is 10.2 Å². The highest BCUT2D eigenvalue weighted by Gasteiger charge is 2.32. The van der Waals surface area contributed by atoms with Gasteiger partial charge in [-0.05, 0) is 32.8 Å². The maximum Gasteiger partial charge on any atom is 0.318 e. The summed E-state index contributed by atoms with van der Waals surface area (Å²) >= 11 is 0. The molecule has 1 N–H and O–H groups in total. The number of carbonyl (C=O) groups excluding carboxylic acids is 2. The van der Waals surface area contributed by atoms with Crippen LogP contribution in [0.4, 0.5) is 4.79 Å². The molecule has 0 aliphatic carbocycles. The predicted octanol–water partition coefficient (Wildman–Crippen LogP) is 2.35. The number of urea groups is 1. The zero-order valence-corrected chi connectivity index (χ0v) is 11.5. The normalized spacial score (nSPS) is 14.0. The summed E-state index contributed by atoms with van der Waals surface area (Å²) in [6.07, 6.45) is 2.16. The van der Waals surface area contributed by atoms with Gasteiger partial charge in [0.05, 0.1) is 0 Å². The quantitative estimate of drug-likeness (QED) is 0.572. The topological polar surface area (TPSA) is 49.4 Å². The van der Waals surface area contributed by atoms with Crippen molar-refractivity contribution in [3.8, 4) is 0 Å². The molecule has 2 amide bonds. The number of nitrogens with one attached hydrogen (secondary N) is 1. The lowest BCUT2D eigenvalue weighted by atomic mass is 9.88. The van der Waals surface area contributed by atoms with Gasteiger partial charge in [0.25, 0.3) is 0 Å². The molecule has 17 heavy (non-hydrogen) atoms. The minimum atomic E-state index is -0.936. The van der Waals surface area contributed by atoms with E-state index in [4.69, 9.17) is 0 Å². The Labute approximate surface area is 104 Å². The Morgan fingerprint density at radius 2 is 2.06 bits per heavy atom. The molecule has 4 nitrogen and oxygen atoms in total. The maximum absolute atomic E-state index is 12.0. The molecule has 98 valence electrons. The Balaban J connectivity index is 4.93. The molecular formula is C13H24N2O2. The van der Waals surface area contributed by atoms with Crippen molar-refractivity contribution in [2.45, 2.75) is 52.1 Å². The van der Waals surface area contributed by atoms with E-state index in [0.717, 1.165) is 12.7 Å². The second kappa shape index (κ2) is 6.42. The van der Waals surface area contributed by atoms with Gasteiger partial charge < -0.3 is 15.0 Å². The van der Waals surface area contributed by atoms with Gasteiger partial charge in [0, 0.05) is 13.1 Å². The van der Waals surface area contributed by atoms with Crippen LogP contribution in [0.3, 0.4) is 0 Å². The van der Waals surface area contributed by atoms with Crippen molar-refractivity contribution in [1.29, 1.82) is 0 Å². The first kappa shape index (κ1) is 15.7. The minimum absolute atomic E-state index is 0.0890. The lowest BCUT2D eigenvalue weighted by molar-refractivity contribution is -0.112. The van der Waals surface area contributed by atoms with Crippen LogP contribution in [-0.4, -0.2) is 35.8 Å². The number of rotatable bonds is 6. The molecule has 4 heteroatoms. The summed E-state index contributed by atoms with van der Waals surface area (Å²) in [7, 11) is 1.71. The monoisotopic (exact) mass is 240 g/mol. The molecule has 0 rings (SSSR count). The largest absolute Gasteiger partial charge is 0.325 e. The first-order valence-corrected chi connectivity index (χ1v) is 5.98. The number of amides is 2. The average Bonchev–Trinajstić information content (AvgIpc) is 2.26. The summed E-state index contributed by atoms with van der Waals surface area (Å²) in [5.41, 5.74) is -0.269. The van der Waals surface area contributed by atoms with Gasteiger partial charge in [-0.1, -0.05) is 19.9 Å². The number of nitrogens with zero attached hydrogens (tertiary/aromatic N) is 1. The third-order valence-electron chi connectivity index (χ3n) is 3.03. The van der Waals surface area contributed by atoms with Gasteiger partial charge in [0.2, 0.25) is 0 Å². The molecule has 0 radical (unpaired) electrons. The van der Waals surface area contributed by atoms with E-state index in [0.29, 0.717) is 12.0 Å². The molecule has 0 aromatic rings. The highest BCUT2D eigenvalue weighted by Crippen LogP contribution is 2.19. The fraction of sp³-hybridized carbons (Fsp3) is 0.692. The smallest absolute Gasteiger partial charge is 0.318 e. The first-order valence-electron chi connectivity index (χ1n) is 5.98. The molecule has 0 heterocycles. The summed E-state index contributed by atoms with van der Waals surface area (Å²) in [4.78, 5) is 24.8. The number of hydrogen-bond acceptors (Lipinski definition) is 2. The van der Waals surface area contributed by atoms with Crippen molar-refractivity contribution < 1.29 is 9.59 Å². The molecule has 0 saturated heterocycles. The summed E-state index contributed by atoms with van der Waals surface area (Å²) < 4.78 is 0. The van der Waals surface area contributed by atoms with E-state index in [1.165, 1.54) is 0 Å². The second-order valence-corrected chi connectivity index (χ2v) is 4.75. The van der Waals surface area contributed by atoms with E-state index in [-0.39, 0.29) is 12.1 Å². The van der Waals surface area contributed by atoms with Gasteiger partial charge in [-0.15, -0.1) is 0 Å². The highest BCUT2D eigenvalue weighted by atomic mass is 16.2. The fourth-order valence-electron chi connectivity index (χ4n) is 1.48.